The molecule has 0 saturated heterocycles. The van der Waals surface area contributed by atoms with Crippen LogP contribution in [0.15, 0.2) is 28.9 Å². The van der Waals surface area contributed by atoms with Crippen molar-refractivity contribution in [2.45, 2.75) is 6.92 Å². The van der Waals surface area contributed by atoms with Gasteiger partial charge in [0.2, 0.25) is 0 Å². The van der Waals surface area contributed by atoms with E-state index in [1.165, 1.54) is 0 Å². The Kier molecular flexibility index (Phi) is 2.67. The van der Waals surface area contributed by atoms with E-state index in [0.29, 0.717) is 11.5 Å². The third-order valence-electron chi connectivity index (χ3n) is 2.99. The summed E-state index contributed by atoms with van der Waals surface area (Å²) in [5, 5.41) is 0. The summed E-state index contributed by atoms with van der Waals surface area (Å²) in [5.41, 5.74) is 2.64. The van der Waals surface area contributed by atoms with E-state index in [2.05, 4.69) is 9.97 Å². The number of fused-ring (bicyclic) bond motifs is 1. The second-order valence-electron chi connectivity index (χ2n) is 4.26. The summed E-state index contributed by atoms with van der Waals surface area (Å²) >= 11 is 0. The zero-order valence-electron chi connectivity index (χ0n) is 11.0. The van der Waals surface area contributed by atoms with Crippen molar-refractivity contribution in [3.05, 3.63) is 30.2 Å². The van der Waals surface area contributed by atoms with Crippen molar-refractivity contribution in [2.24, 2.45) is 0 Å². The summed E-state index contributed by atoms with van der Waals surface area (Å²) in [4.78, 5) is 7.77. The zero-order chi connectivity index (χ0) is 13.4. The molecule has 5 heteroatoms. The van der Waals surface area contributed by atoms with E-state index in [1.54, 1.807) is 20.5 Å². The number of rotatable bonds is 3. The van der Waals surface area contributed by atoms with Crippen molar-refractivity contribution < 1.29 is 13.9 Å². The fourth-order valence-electron chi connectivity index (χ4n) is 2.04. The van der Waals surface area contributed by atoms with Crippen molar-refractivity contribution in [1.29, 1.82) is 0 Å². The predicted molar refractivity (Wildman–Crippen MR) is 71.6 cm³/mol. The molecule has 0 radical (unpaired) electrons. The molecule has 3 aromatic rings. The normalized spacial score (nSPS) is 10.9. The highest BCUT2D eigenvalue weighted by Gasteiger charge is 2.12. The number of nitrogens with one attached hydrogen (secondary N) is 1. The maximum Gasteiger partial charge on any atom is 0.163 e. The summed E-state index contributed by atoms with van der Waals surface area (Å²) in [7, 11) is 3.22. The third kappa shape index (κ3) is 1.93. The first-order valence-electron chi connectivity index (χ1n) is 5.88. The van der Waals surface area contributed by atoms with Crippen LogP contribution >= 0.6 is 0 Å². The summed E-state index contributed by atoms with van der Waals surface area (Å²) in [6, 6.07) is 5.66. The maximum atomic E-state index is 5.30. The molecule has 3 rings (SSSR count). The molecule has 2 aromatic heterocycles. The molecule has 0 atom stereocenters. The minimum absolute atomic E-state index is 0.663. The van der Waals surface area contributed by atoms with Gasteiger partial charge in [-0.2, -0.15) is 0 Å². The largest absolute Gasteiger partial charge is 0.493 e. The van der Waals surface area contributed by atoms with Gasteiger partial charge in [-0.3, -0.25) is 0 Å². The second-order valence-corrected chi connectivity index (χ2v) is 4.26. The Hall–Kier alpha value is -2.43. The minimum Gasteiger partial charge on any atom is -0.493 e. The van der Waals surface area contributed by atoms with E-state index in [4.69, 9.17) is 13.9 Å². The molecule has 2 heterocycles. The number of nitrogens with zero attached hydrogens (tertiary/aromatic N) is 1. The van der Waals surface area contributed by atoms with Crippen LogP contribution in [0.1, 0.15) is 5.76 Å². The van der Waals surface area contributed by atoms with Gasteiger partial charge in [0.15, 0.2) is 11.5 Å². The van der Waals surface area contributed by atoms with Crippen LogP contribution in [0.2, 0.25) is 0 Å². The SMILES string of the molecule is COc1cc2nc(-c3coc(C)c3)[nH]c2cc1OC. The highest BCUT2D eigenvalue weighted by molar-refractivity contribution is 5.83. The molecule has 1 aromatic carbocycles. The van der Waals surface area contributed by atoms with E-state index in [9.17, 15) is 0 Å². The first kappa shape index (κ1) is 11.6. The van der Waals surface area contributed by atoms with Gasteiger partial charge in [-0.05, 0) is 13.0 Å². The smallest absolute Gasteiger partial charge is 0.163 e. The molecule has 0 bridgehead atoms. The molecule has 0 aliphatic carbocycles. The second kappa shape index (κ2) is 4.35. The number of ether oxygens (including phenoxy) is 2. The quantitative estimate of drug-likeness (QED) is 0.784. The molecule has 0 unspecified atom stereocenters. The summed E-state index contributed by atoms with van der Waals surface area (Å²) in [5.74, 6) is 2.96. The topological polar surface area (TPSA) is 60.3 Å². The van der Waals surface area contributed by atoms with Gasteiger partial charge in [0.05, 0.1) is 30.8 Å². The van der Waals surface area contributed by atoms with Crippen LogP contribution in [0, 0.1) is 6.92 Å². The van der Waals surface area contributed by atoms with Gasteiger partial charge < -0.3 is 18.9 Å². The van der Waals surface area contributed by atoms with E-state index in [1.807, 2.05) is 25.1 Å². The predicted octanol–water partition coefficient (Wildman–Crippen LogP) is 3.15. The molecule has 0 spiro atoms. The molecule has 0 amide bonds. The van der Waals surface area contributed by atoms with Crippen molar-refractivity contribution >= 4 is 11.0 Å². The van der Waals surface area contributed by atoms with E-state index in [0.717, 1.165) is 28.2 Å². The molecule has 1 N–H and O–H groups in total. The van der Waals surface area contributed by atoms with Crippen LogP contribution < -0.4 is 9.47 Å². The summed E-state index contributed by atoms with van der Waals surface area (Å²) in [6.45, 7) is 1.90. The fourth-order valence-corrected chi connectivity index (χ4v) is 2.04. The van der Waals surface area contributed by atoms with Crippen molar-refractivity contribution in [3.63, 3.8) is 0 Å². The number of aryl methyl sites for hydroxylation is 1. The van der Waals surface area contributed by atoms with E-state index >= 15 is 0 Å². The molecule has 98 valence electrons. The number of imidazole rings is 1. The summed E-state index contributed by atoms with van der Waals surface area (Å²) < 4.78 is 15.8. The van der Waals surface area contributed by atoms with Crippen molar-refractivity contribution in [2.75, 3.05) is 14.2 Å². The van der Waals surface area contributed by atoms with Crippen LogP contribution in [0.3, 0.4) is 0 Å². The van der Waals surface area contributed by atoms with Gasteiger partial charge in [-0.25, -0.2) is 4.98 Å². The van der Waals surface area contributed by atoms with Crippen LogP contribution in [-0.4, -0.2) is 24.2 Å². The number of furan rings is 1. The molecule has 0 saturated carbocycles. The first-order valence-corrected chi connectivity index (χ1v) is 5.88. The van der Waals surface area contributed by atoms with E-state index < -0.39 is 0 Å². The van der Waals surface area contributed by atoms with Crippen LogP contribution in [0.4, 0.5) is 0 Å². The molecular formula is C14H14N2O3. The maximum absolute atomic E-state index is 5.30. The highest BCUT2D eigenvalue weighted by Crippen LogP contribution is 2.32. The van der Waals surface area contributed by atoms with Gasteiger partial charge in [0, 0.05) is 12.1 Å². The molecule has 0 aliphatic rings. The molecule has 5 nitrogen and oxygen atoms in total. The Labute approximate surface area is 110 Å². The monoisotopic (exact) mass is 258 g/mol. The van der Waals surface area contributed by atoms with Crippen LogP contribution in [-0.2, 0) is 0 Å². The number of H-pyrrole nitrogens is 1. The lowest BCUT2D eigenvalue weighted by molar-refractivity contribution is 0.356. The fraction of sp³-hybridized carbons (Fsp3) is 0.214. The van der Waals surface area contributed by atoms with Gasteiger partial charge in [-0.1, -0.05) is 0 Å². The first-order chi connectivity index (χ1) is 9.21. The Morgan fingerprint density at radius 1 is 1.11 bits per heavy atom. The standard InChI is InChI=1S/C14H14N2O3/c1-8-4-9(7-19-8)14-15-10-5-12(17-2)13(18-3)6-11(10)16-14/h4-7H,1-3H3,(H,15,16). The molecule has 19 heavy (non-hydrogen) atoms. The number of hydrogen-bond donors (Lipinski definition) is 1. The number of hydrogen-bond acceptors (Lipinski definition) is 4. The average molecular weight is 258 g/mol. The van der Waals surface area contributed by atoms with Crippen molar-refractivity contribution in [3.8, 4) is 22.9 Å². The van der Waals surface area contributed by atoms with Gasteiger partial charge in [0.25, 0.3) is 0 Å². The van der Waals surface area contributed by atoms with Gasteiger partial charge in [-0.15, -0.1) is 0 Å². The lowest BCUT2D eigenvalue weighted by Gasteiger charge is -2.06. The number of methoxy groups -OCH3 is 2. The van der Waals surface area contributed by atoms with E-state index in [-0.39, 0.29) is 0 Å². The van der Waals surface area contributed by atoms with Gasteiger partial charge in [0.1, 0.15) is 17.8 Å². The molecule has 0 aliphatic heterocycles. The lowest BCUT2D eigenvalue weighted by Crippen LogP contribution is -1.89. The Morgan fingerprint density at radius 3 is 2.47 bits per heavy atom. The Morgan fingerprint density at radius 2 is 1.84 bits per heavy atom. The van der Waals surface area contributed by atoms with Crippen LogP contribution in [0.25, 0.3) is 22.4 Å². The Bertz CT molecular complexity index is 686. The summed E-state index contributed by atoms with van der Waals surface area (Å²) in [6.07, 6.45) is 1.68. The van der Waals surface area contributed by atoms with Gasteiger partial charge >= 0.3 is 0 Å². The number of aromatic nitrogens is 2. The Balaban J connectivity index is 2.15. The highest BCUT2D eigenvalue weighted by atomic mass is 16.5. The molecule has 0 fully saturated rings. The number of benzene rings is 1. The number of aromatic amines is 1. The lowest BCUT2D eigenvalue weighted by atomic mass is 10.3. The zero-order valence-corrected chi connectivity index (χ0v) is 11.0. The molecular weight excluding hydrogens is 244 g/mol. The minimum atomic E-state index is 0.663. The van der Waals surface area contributed by atoms with Crippen molar-refractivity contribution in [1.82, 2.24) is 9.97 Å². The van der Waals surface area contributed by atoms with Crippen LogP contribution in [0.5, 0.6) is 11.5 Å². The third-order valence-corrected chi connectivity index (χ3v) is 2.99. The average Bonchev–Trinajstić information content (AvgIpc) is 3.02.